The molecule has 0 fully saturated rings. The first-order chi connectivity index (χ1) is 10.6. The lowest BCUT2D eigenvalue weighted by molar-refractivity contribution is 0.102. The lowest BCUT2D eigenvalue weighted by atomic mass is 10.1. The number of rotatable bonds is 3. The summed E-state index contributed by atoms with van der Waals surface area (Å²) in [5.74, 6) is 0.383. The van der Waals surface area contributed by atoms with Gasteiger partial charge in [-0.25, -0.2) is 4.79 Å². The molecule has 112 valence electrons. The van der Waals surface area contributed by atoms with Gasteiger partial charge in [0.05, 0.1) is 18.1 Å². The van der Waals surface area contributed by atoms with Crippen LogP contribution in [-0.4, -0.2) is 23.0 Å². The fourth-order valence-electron chi connectivity index (χ4n) is 2.28. The Kier molecular flexibility index (Phi) is 3.42. The molecule has 0 radical (unpaired) electrons. The summed E-state index contributed by atoms with van der Waals surface area (Å²) in [5.41, 5.74) is 3.10. The van der Waals surface area contributed by atoms with Crippen molar-refractivity contribution in [3.63, 3.8) is 0 Å². The fourth-order valence-corrected chi connectivity index (χ4v) is 2.28. The van der Waals surface area contributed by atoms with Crippen LogP contribution in [0.1, 0.15) is 15.9 Å². The Hall–Kier alpha value is -3.02. The number of anilines is 1. The van der Waals surface area contributed by atoms with Crippen molar-refractivity contribution in [2.24, 2.45) is 0 Å². The zero-order chi connectivity index (χ0) is 15.7. The second-order valence-electron chi connectivity index (χ2n) is 4.98. The molecule has 0 spiro atoms. The molecule has 1 amide bonds. The van der Waals surface area contributed by atoms with Crippen LogP contribution in [0, 0.1) is 6.92 Å². The van der Waals surface area contributed by atoms with Crippen molar-refractivity contribution in [3.05, 3.63) is 58.0 Å². The molecule has 0 aliphatic rings. The summed E-state index contributed by atoms with van der Waals surface area (Å²) in [7, 11) is 1.55. The maximum atomic E-state index is 12.3. The molecule has 1 heterocycles. The number of fused-ring (bicyclic) bond motifs is 1. The molecule has 0 bridgehead atoms. The van der Waals surface area contributed by atoms with Gasteiger partial charge in [-0.3, -0.25) is 4.79 Å². The summed E-state index contributed by atoms with van der Waals surface area (Å²) in [6.07, 6.45) is 0. The second kappa shape index (κ2) is 5.40. The van der Waals surface area contributed by atoms with Crippen molar-refractivity contribution in [2.75, 3.05) is 12.4 Å². The van der Waals surface area contributed by atoms with Gasteiger partial charge in [-0.05, 0) is 42.8 Å². The number of hydrogen-bond donors (Lipinski definition) is 3. The predicted molar refractivity (Wildman–Crippen MR) is 84.6 cm³/mol. The molecule has 0 atom stereocenters. The average Bonchev–Trinajstić information content (AvgIpc) is 2.86. The van der Waals surface area contributed by atoms with Crippen molar-refractivity contribution in [3.8, 4) is 5.75 Å². The Labute approximate surface area is 126 Å². The lowest BCUT2D eigenvalue weighted by Gasteiger charge is -2.09. The Balaban J connectivity index is 1.93. The third-order valence-electron chi connectivity index (χ3n) is 3.44. The molecule has 3 N–H and O–H groups in total. The van der Waals surface area contributed by atoms with E-state index in [9.17, 15) is 9.59 Å². The maximum absolute atomic E-state index is 12.3. The van der Waals surface area contributed by atoms with Crippen LogP contribution in [-0.2, 0) is 0 Å². The number of aromatic nitrogens is 2. The van der Waals surface area contributed by atoms with Crippen LogP contribution in [0.25, 0.3) is 11.0 Å². The molecule has 1 aromatic heterocycles. The molecule has 0 saturated heterocycles. The Morgan fingerprint density at radius 1 is 1.14 bits per heavy atom. The number of aromatic amines is 2. The van der Waals surface area contributed by atoms with Gasteiger partial charge in [-0.1, -0.05) is 6.07 Å². The van der Waals surface area contributed by atoms with Gasteiger partial charge in [-0.15, -0.1) is 0 Å². The first-order valence-corrected chi connectivity index (χ1v) is 6.75. The van der Waals surface area contributed by atoms with E-state index in [2.05, 4.69) is 15.3 Å². The van der Waals surface area contributed by atoms with E-state index in [1.54, 1.807) is 37.4 Å². The number of methoxy groups -OCH3 is 1. The molecule has 3 rings (SSSR count). The third kappa shape index (κ3) is 2.58. The minimum atomic E-state index is -0.273. The molecule has 0 aliphatic carbocycles. The van der Waals surface area contributed by atoms with E-state index in [1.807, 2.05) is 13.0 Å². The van der Waals surface area contributed by atoms with E-state index in [0.717, 1.165) is 5.56 Å². The zero-order valence-electron chi connectivity index (χ0n) is 12.2. The molecular weight excluding hydrogens is 282 g/mol. The minimum Gasteiger partial charge on any atom is -0.497 e. The van der Waals surface area contributed by atoms with Crippen LogP contribution in [0.4, 0.5) is 5.69 Å². The number of imidazole rings is 1. The zero-order valence-corrected chi connectivity index (χ0v) is 12.2. The monoisotopic (exact) mass is 297 g/mol. The van der Waals surface area contributed by atoms with Gasteiger partial charge in [0.1, 0.15) is 5.75 Å². The van der Waals surface area contributed by atoms with E-state index >= 15 is 0 Å². The summed E-state index contributed by atoms with van der Waals surface area (Å²) < 4.78 is 5.12. The number of H-pyrrole nitrogens is 2. The molecular formula is C16H15N3O3. The minimum absolute atomic E-state index is 0.237. The highest BCUT2D eigenvalue weighted by atomic mass is 16.5. The number of nitrogens with one attached hydrogen (secondary N) is 3. The first kappa shape index (κ1) is 13.9. The van der Waals surface area contributed by atoms with Crippen molar-refractivity contribution in [2.45, 2.75) is 6.92 Å². The Morgan fingerprint density at radius 3 is 2.59 bits per heavy atom. The largest absolute Gasteiger partial charge is 0.497 e. The smallest absolute Gasteiger partial charge is 0.323 e. The predicted octanol–water partition coefficient (Wildman–Crippen LogP) is 2.43. The number of benzene rings is 2. The van der Waals surface area contributed by atoms with Crippen LogP contribution in [0.2, 0.25) is 0 Å². The summed E-state index contributed by atoms with van der Waals surface area (Å²) >= 11 is 0. The third-order valence-corrected chi connectivity index (χ3v) is 3.44. The van der Waals surface area contributed by atoms with Crippen LogP contribution in [0.5, 0.6) is 5.75 Å². The number of aryl methyl sites for hydroxylation is 1. The lowest BCUT2D eigenvalue weighted by Crippen LogP contribution is -2.12. The van der Waals surface area contributed by atoms with Crippen molar-refractivity contribution >= 4 is 22.6 Å². The van der Waals surface area contributed by atoms with Gasteiger partial charge in [0.25, 0.3) is 5.91 Å². The number of ether oxygens (including phenoxy) is 1. The highest BCUT2D eigenvalue weighted by Gasteiger charge is 2.10. The van der Waals surface area contributed by atoms with Crippen LogP contribution in [0.3, 0.4) is 0 Å². The number of carbonyl (C=O) groups is 1. The van der Waals surface area contributed by atoms with Crippen LogP contribution in [0.15, 0.2) is 41.2 Å². The number of hydrogen-bond acceptors (Lipinski definition) is 3. The Morgan fingerprint density at radius 2 is 1.86 bits per heavy atom. The van der Waals surface area contributed by atoms with E-state index in [-0.39, 0.29) is 11.6 Å². The van der Waals surface area contributed by atoms with Gasteiger partial charge >= 0.3 is 5.69 Å². The van der Waals surface area contributed by atoms with Crippen molar-refractivity contribution in [1.82, 2.24) is 9.97 Å². The SMILES string of the molecule is COc1cccc(C(=O)Nc2cc3[nH]c(=O)[nH]c3cc2C)c1. The van der Waals surface area contributed by atoms with Gasteiger partial charge in [0, 0.05) is 11.3 Å². The molecule has 3 aromatic rings. The summed E-state index contributed by atoms with van der Waals surface area (Å²) in [6.45, 7) is 1.87. The van der Waals surface area contributed by atoms with Gasteiger partial charge in [0.15, 0.2) is 0 Å². The fraction of sp³-hybridized carbons (Fsp3) is 0.125. The Bertz CT molecular complexity index is 908. The van der Waals surface area contributed by atoms with Gasteiger partial charge in [-0.2, -0.15) is 0 Å². The molecule has 0 saturated carbocycles. The standard InChI is InChI=1S/C16H15N3O3/c1-9-6-13-14(19-16(21)18-13)8-12(9)17-15(20)10-4-3-5-11(7-10)22-2/h3-8H,1-2H3,(H,17,20)(H2,18,19,21). The highest BCUT2D eigenvalue weighted by molar-refractivity contribution is 6.05. The molecule has 6 heteroatoms. The van der Waals surface area contributed by atoms with Gasteiger partial charge in [0.2, 0.25) is 0 Å². The number of amides is 1. The molecule has 0 unspecified atom stereocenters. The van der Waals surface area contributed by atoms with E-state index in [4.69, 9.17) is 4.74 Å². The van der Waals surface area contributed by atoms with Crippen LogP contribution < -0.4 is 15.7 Å². The second-order valence-corrected chi connectivity index (χ2v) is 4.98. The number of carbonyl (C=O) groups excluding carboxylic acids is 1. The van der Waals surface area contributed by atoms with Crippen molar-refractivity contribution in [1.29, 1.82) is 0 Å². The van der Waals surface area contributed by atoms with Crippen LogP contribution >= 0.6 is 0 Å². The highest BCUT2D eigenvalue weighted by Crippen LogP contribution is 2.21. The molecule has 0 aliphatic heterocycles. The summed E-state index contributed by atoms with van der Waals surface area (Å²) in [4.78, 5) is 29.0. The summed E-state index contributed by atoms with van der Waals surface area (Å²) in [6, 6.07) is 10.5. The van der Waals surface area contributed by atoms with Gasteiger partial charge < -0.3 is 20.0 Å². The topological polar surface area (TPSA) is 87.0 Å². The molecule has 22 heavy (non-hydrogen) atoms. The first-order valence-electron chi connectivity index (χ1n) is 6.75. The summed E-state index contributed by atoms with van der Waals surface area (Å²) in [5, 5.41) is 2.85. The maximum Gasteiger partial charge on any atom is 0.323 e. The average molecular weight is 297 g/mol. The van der Waals surface area contributed by atoms with E-state index < -0.39 is 0 Å². The normalized spacial score (nSPS) is 10.6. The van der Waals surface area contributed by atoms with Crippen molar-refractivity contribution < 1.29 is 9.53 Å². The van der Waals surface area contributed by atoms with E-state index in [1.165, 1.54) is 0 Å². The van der Waals surface area contributed by atoms with E-state index in [0.29, 0.717) is 28.0 Å². The molecule has 6 nitrogen and oxygen atoms in total. The molecule has 2 aromatic carbocycles. The quantitative estimate of drug-likeness (QED) is 0.694.